The van der Waals surface area contributed by atoms with E-state index in [1.807, 2.05) is 36.6 Å². The summed E-state index contributed by atoms with van der Waals surface area (Å²) in [6, 6.07) is 15.6. The summed E-state index contributed by atoms with van der Waals surface area (Å²) in [6.07, 6.45) is 3.50. The fourth-order valence-corrected chi connectivity index (χ4v) is 3.92. The van der Waals surface area contributed by atoms with Crippen LogP contribution < -0.4 is 16.0 Å². The number of nitrogens with one attached hydrogen (secondary N) is 3. The first-order valence-corrected chi connectivity index (χ1v) is 11.5. The van der Waals surface area contributed by atoms with Crippen molar-refractivity contribution in [3.8, 4) is 11.3 Å². The number of rotatable bonds is 7. The molecule has 0 aliphatic rings. The van der Waals surface area contributed by atoms with Gasteiger partial charge in [-0.1, -0.05) is 18.2 Å². The number of urea groups is 1. The number of esters is 1. The first-order chi connectivity index (χ1) is 16.5. The molecule has 0 radical (unpaired) electrons. The Hall–Kier alpha value is -4.24. The third-order valence-corrected chi connectivity index (χ3v) is 5.63. The Balaban J connectivity index is 1.45. The molecule has 4 aromatic rings. The van der Waals surface area contributed by atoms with Gasteiger partial charge < -0.3 is 20.7 Å². The number of aryl methyl sites for hydroxylation is 1. The summed E-state index contributed by atoms with van der Waals surface area (Å²) in [5.41, 5.74) is 4.84. The fraction of sp³-hybridized carbons (Fsp3) is 0.120. The summed E-state index contributed by atoms with van der Waals surface area (Å²) in [5.74, 6) is -0.491. The average Bonchev–Trinajstić information content (AvgIpc) is 3.31. The average molecular weight is 474 g/mol. The molecule has 0 saturated carbocycles. The SMILES string of the molecule is CCOC(=O)c1ccccc1NC(=O)Nc1ccc(C)c(Nc2nc(-c3cccnc3)cs2)c1. The Kier molecular flexibility index (Phi) is 7.14. The van der Waals surface area contributed by atoms with E-state index in [1.54, 1.807) is 49.6 Å². The quantitative estimate of drug-likeness (QED) is 0.281. The van der Waals surface area contributed by atoms with Crippen molar-refractivity contribution in [2.45, 2.75) is 13.8 Å². The second-order valence-corrected chi connectivity index (χ2v) is 8.14. The Morgan fingerprint density at radius 1 is 1.03 bits per heavy atom. The predicted octanol–water partition coefficient (Wildman–Crippen LogP) is 6.08. The summed E-state index contributed by atoms with van der Waals surface area (Å²) in [5, 5.41) is 11.5. The van der Waals surface area contributed by atoms with E-state index in [1.165, 1.54) is 11.3 Å². The molecular formula is C25H23N5O3S. The molecule has 2 amide bonds. The topological polar surface area (TPSA) is 105 Å². The number of anilines is 4. The summed E-state index contributed by atoms with van der Waals surface area (Å²) >= 11 is 1.48. The van der Waals surface area contributed by atoms with Gasteiger partial charge in [0, 0.05) is 34.7 Å². The van der Waals surface area contributed by atoms with Crippen LogP contribution in [-0.4, -0.2) is 28.6 Å². The number of hydrogen-bond donors (Lipinski definition) is 3. The largest absolute Gasteiger partial charge is 0.462 e. The molecule has 0 spiro atoms. The van der Waals surface area contributed by atoms with Gasteiger partial charge in [0.2, 0.25) is 0 Å². The fourth-order valence-electron chi connectivity index (χ4n) is 3.19. The summed E-state index contributed by atoms with van der Waals surface area (Å²) in [6.45, 7) is 3.95. The monoisotopic (exact) mass is 473 g/mol. The highest BCUT2D eigenvalue weighted by Gasteiger charge is 2.14. The molecular weight excluding hydrogens is 450 g/mol. The minimum absolute atomic E-state index is 0.251. The van der Waals surface area contributed by atoms with Gasteiger partial charge in [-0.3, -0.25) is 4.98 Å². The maximum atomic E-state index is 12.6. The summed E-state index contributed by atoms with van der Waals surface area (Å²) < 4.78 is 5.06. The van der Waals surface area contributed by atoms with Crippen molar-refractivity contribution < 1.29 is 14.3 Å². The number of thiazole rings is 1. The number of carbonyl (C=O) groups excluding carboxylic acids is 2. The van der Waals surface area contributed by atoms with Crippen LogP contribution in [-0.2, 0) is 4.74 Å². The summed E-state index contributed by atoms with van der Waals surface area (Å²) in [4.78, 5) is 33.5. The number of aromatic nitrogens is 2. The van der Waals surface area contributed by atoms with Crippen molar-refractivity contribution in [1.82, 2.24) is 9.97 Å². The second-order valence-electron chi connectivity index (χ2n) is 7.28. The van der Waals surface area contributed by atoms with E-state index in [-0.39, 0.29) is 6.61 Å². The van der Waals surface area contributed by atoms with Crippen LogP contribution in [0.1, 0.15) is 22.8 Å². The molecule has 0 saturated heterocycles. The van der Waals surface area contributed by atoms with Gasteiger partial charge in [-0.05, 0) is 55.8 Å². The molecule has 0 atom stereocenters. The van der Waals surface area contributed by atoms with E-state index in [2.05, 4.69) is 25.9 Å². The molecule has 0 aliphatic carbocycles. The van der Waals surface area contributed by atoms with Crippen molar-refractivity contribution in [2.75, 3.05) is 22.6 Å². The van der Waals surface area contributed by atoms with Gasteiger partial charge in [-0.25, -0.2) is 14.6 Å². The number of ether oxygens (including phenoxy) is 1. The first-order valence-electron chi connectivity index (χ1n) is 10.6. The Morgan fingerprint density at radius 2 is 1.88 bits per heavy atom. The molecule has 0 fully saturated rings. The lowest BCUT2D eigenvalue weighted by Crippen LogP contribution is -2.21. The van der Waals surface area contributed by atoms with E-state index >= 15 is 0 Å². The number of nitrogens with zero attached hydrogens (tertiary/aromatic N) is 2. The first kappa shape index (κ1) is 22.9. The van der Waals surface area contributed by atoms with Crippen LogP contribution in [0.15, 0.2) is 72.4 Å². The highest BCUT2D eigenvalue weighted by Crippen LogP contribution is 2.29. The maximum Gasteiger partial charge on any atom is 0.340 e. The minimum Gasteiger partial charge on any atom is -0.462 e. The number of carbonyl (C=O) groups is 2. The molecule has 172 valence electrons. The molecule has 3 N–H and O–H groups in total. The van der Waals surface area contributed by atoms with E-state index in [9.17, 15) is 9.59 Å². The van der Waals surface area contributed by atoms with Crippen molar-refractivity contribution >= 4 is 45.5 Å². The number of amides is 2. The lowest BCUT2D eigenvalue weighted by molar-refractivity contribution is 0.0527. The number of hydrogen-bond acceptors (Lipinski definition) is 7. The van der Waals surface area contributed by atoms with E-state index < -0.39 is 12.0 Å². The van der Waals surface area contributed by atoms with Crippen LogP contribution in [0.4, 0.5) is 27.0 Å². The zero-order valence-corrected chi connectivity index (χ0v) is 19.5. The van der Waals surface area contributed by atoms with Gasteiger partial charge in [0.1, 0.15) is 0 Å². The lowest BCUT2D eigenvalue weighted by Gasteiger charge is -2.13. The third-order valence-electron chi connectivity index (χ3n) is 4.87. The molecule has 8 nitrogen and oxygen atoms in total. The van der Waals surface area contributed by atoms with Gasteiger partial charge in [-0.15, -0.1) is 11.3 Å². The van der Waals surface area contributed by atoms with Crippen LogP contribution in [0, 0.1) is 6.92 Å². The number of para-hydroxylation sites is 1. The predicted molar refractivity (Wildman–Crippen MR) is 135 cm³/mol. The van der Waals surface area contributed by atoms with E-state index in [4.69, 9.17) is 4.74 Å². The van der Waals surface area contributed by atoms with Gasteiger partial charge in [0.25, 0.3) is 0 Å². The van der Waals surface area contributed by atoms with Crippen molar-refractivity contribution in [2.24, 2.45) is 0 Å². The third kappa shape index (κ3) is 5.57. The van der Waals surface area contributed by atoms with E-state index in [0.717, 1.165) is 27.6 Å². The standard InChI is InChI=1S/C25H23N5O3S/c1-3-33-23(31)19-8-4-5-9-20(19)28-24(32)27-18-11-10-16(2)21(13-18)29-25-30-22(15-34-25)17-7-6-12-26-14-17/h4-15H,3H2,1-2H3,(H,29,30)(H2,27,28,32). The molecule has 9 heteroatoms. The summed E-state index contributed by atoms with van der Waals surface area (Å²) in [7, 11) is 0. The van der Waals surface area contributed by atoms with Crippen molar-refractivity contribution in [3.05, 3.63) is 83.5 Å². The van der Waals surface area contributed by atoms with Gasteiger partial charge >= 0.3 is 12.0 Å². The van der Waals surface area contributed by atoms with E-state index in [0.29, 0.717) is 16.9 Å². The van der Waals surface area contributed by atoms with Gasteiger partial charge in [0.15, 0.2) is 5.13 Å². The second kappa shape index (κ2) is 10.6. The molecule has 4 rings (SSSR count). The Morgan fingerprint density at radius 3 is 2.68 bits per heavy atom. The number of benzene rings is 2. The van der Waals surface area contributed by atoms with Crippen LogP contribution >= 0.6 is 11.3 Å². The highest BCUT2D eigenvalue weighted by molar-refractivity contribution is 7.14. The van der Waals surface area contributed by atoms with Crippen molar-refractivity contribution in [1.29, 1.82) is 0 Å². The van der Waals surface area contributed by atoms with Crippen LogP contribution in [0.5, 0.6) is 0 Å². The molecule has 0 aliphatic heterocycles. The highest BCUT2D eigenvalue weighted by atomic mass is 32.1. The zero-order valence-electron chi connectivity index (χ0n) is 18.7. The van der Waals surface area contributed by atoms with Crippen LogP contribution in [0.3, 0.4) is 0 Å². The molecule has 2 aromatic heterocycles. The van der Waals surface area contributed by atoms with Gasteiger partial charge in [-0.2, -0.15) is 0 Å². The maximum absolute atomic E-state index is 12.6. The smallest absolute Gasteiger partial charge is 0.340 e. The minimum atomic E-state index is -0.491. The molecule has 0 bridgehead atoms. The molecule has 2 aromatic carbocycles. The molecule has 0 unspecified atom stereocenters. The van der Waals surface area contributed by atoms with Crippen LogP contribution in [0.2, 0.25) is 0 Å². The Labute approximate surface area is 201 Å². The molecule has 34 heavy (non-hydrogen) atoms. The Bertz CT molecular complexity index is 1310. The lowest BCUT2D eigenvalue weighted by atomic mass is 10.1. The number of pyridine rings is 1. The molecule has 2 heterocycles. The van der Waals surface area contributed by atoms with Gasteiger partial charge in [0.05, 0.1) is 23.6 Å². The normalized spacial score (nSPS) is 10.4. The zero-order chi connectivity index (χ0) is 23.9. The van der Waals surface area contributed by atoms with Crippen molar-refractivity contribution in [3.63, 3.8) is 0 Å². The van der Waals surface area contributed by atoms with Crippen LogP contribution in [0.25, 0.3) is 11.3 Å².